The average molecular weight is 627 g/mol. The highest BCUT2D eigenvalue weighted by atomic mass is 16.3. The SMILES string of the molecule is c1ccc(-c2nc(-c3ccc4ccccc4c3)nc(-c3cccc4oc5c(-c6ccc7c(ccc8ccccc87)c6)cncc5c34)n2)cc1. The van der Waals surface area contributed by atoms with Crippen molar-refractivity contribution >= 4 is 54.3 Å². The topological polar surface area (TPSA) is 64.7 Å². The molecule has 0 spiro atoms. The third-order valence-corrected chi connectivity index (χ3v) is 9.38. The highest BCUT2D eigenvalue weighted by molar-refractivity contribution is 6.15. The van der Waals surface area contributed by atoms with Crippen molar-refractivity contribution in [3.05, 3.63) is 158 Å². The van der Waals surface area contributed by atoms with Crippen LogP contribution in [0.2, 0.25) is 0 Å². The second-order valence-electron chi connectivity index (χ2n) is 12.3. The van der Waals surface area contributed by atoms with Gasteiger partial charge in [-0.25, -0.2) is 15.0 Å². The predicted octanol–water partition coefficient (Wildman–Crippen LogP) is 11.3. The molecule has 49 heavy (non-hydrogen) atoms. The Labute approximate surface area is 281 Å². The van der Waals surface area contributed by atoms with E-state index in [4.69, 9.17) is 24.4 Å². The molecule has 0 amide bonds. The summed E-state index contributed by atoms with van der Waals surface area (Å²) >= 11 is 0. The van der Waals surface area contributed by atoms with Crippen molar-refractivity contribution in [2.75, 3.05) is 0 Å². The molecule has 10 rings (SSSR count). The van der Waals surface area contributed by atoms with Crippen LogP contribution in [-0.2, 0) is 0 Å². The number of aromatic nitrogens is 4. The maximum atomic E-state index is 6.65. The van der Waals surface area contributed by atoms with Gasteiger partial charge in [0.25, 0.3) is 0 Å². The van der Waals surface area contributed by atoms with Gasteiger partial charge in [-0.05, 0) is 56.1 Å². The van der Waals surface area contributed by atoms with Crippen molar-refractivity contribution in [3.63, 3.8) is 0 Å². The maximum absolute atomic E-state index is 6.65. The molecule has 0 saturated carbocycles. The van der Waals surface area contributed by atoms with Crippen LogP contribution >= 0.6 is 0 Å². The van der Waals surface area contributed by atoms with Gasteiger partial charge in [0.15, 0.2) is 17.5 Å². The summed E-state index contributed by atoms with van der Waals surface area (Å²) in [4.78, 5) is 19.8. The number of rotatable bonds is 4. The van der Waals surface area contributed by atoms with Crippen LogP contribution in [0, 0.1) is 0 Å². The summed E-state index contributed by atoms with van der Waals surface area (Å²) in [5.41, 5.74) is 6.23. The van der Waals surface area contributed by atoms with Gasteiger partial charge in [0.2, 0.25) is 0 Å². The maximum Gasteiger partial charge on any atom is 0.164 e. The number of benzene rings is 7. The van der Waals surface area contributed by atoms with Crippen LogP contribution < -0.4 is 0 Å². The minimum absolute atomic E-state index is 0.577. The van der Waals surface area contributed by atoms with Crippen molar-refractivity contribution in [2.45, 2.75) is 0 Å². The molecule has 0 aliphatic rings. The second kappa shape index (κ2) is 10.9. The zero-order chi connectivity index (χ0) is 32.3. The van der Waals surface area contributed by atoms with Crippen molar-refractivity contribution in [2.24, 2.45) is 0 Å². The molecule has 0 aliphatic carbocycles. The minimum Gasteiger partial charge on any atom is -0.455 e. The monoisotopic (exact) mass is 626 g/mol. The van der Waals surface area contributed by atoms with E-state index < -0.39 is 0 Å². The van der Waals surface area contributed by atoms with Crippen molar-refractivity contribution < 1.29 is 4.42 Å². The standard InChI is InChI=1S/C44H26N4O/c1-2-11-29(12-3-1)42-46-43(33-20-17-27-9-4-5-13-30(27)23-33)48-44(47-42)36-15-8-16-39-40(36)38-26-45-25-37(41(38)49-39)32-21-22-35-31(24-32)19-18-28-10-6-7-14-34(28)35/h1-26H. The molecule has 5 heteroatoms. The molecule has 0 fully saturated rings. The minimum atomic E-state index is 0.577. The molecule has 0 N–H and O–H groups in total. The fraction of sp³-hybridized carbons (Fsp3) is 0. The second-order valence-corrected chi connectivity index (χ2v) is 12.3. The molecule has 228 valence electrons. The fourth-order valence-electron chi connectivity index (χ4n) is 6.98. The third kappa shape index (κ3) is 4.55. The van der Waals surface area contributed by atoms with E-state index in [2.05, 4.69) is 97.1 Å². The normalized spacial score (nSPS) is 11.7. The lowest BCUT2D eigenvalue weighted by atomic mass is 9.97. The summed E-state index contributed by atoms with van der Waals surface area (Å²) in [7, 11) is 0. The van der Waals surface area contributed by atoms with Gasteiger partial charge in [-0.1, -0.05) is 127 Å². The molecule has 0 unspecified atom stereocenters. The number of hydrogen-bond donors (Lipinski definition) is 0. The number of nitrogens with zero attached hydrogens (tertiary/aromatic N) is 4. The highest BCUT2D eigenvalue weighted by Crippen LogP contribution is 2.40. The number of furan rings is 1. The predicted molar refractivity (Wildman–Crippen MR) is 199 cm³/mol. The van der Waals surface area contributed by atoms with Gasteiger partial charge in [-0.3, -0.25) is 4.98 Å². The van der Waals surface area contributed by atoms with Crippen LogP contribution in [0.15, 0.2) is 162 Å². The van der Waals surface area contributed by atoms with Gasteiger partial charge in [0.1, 0.15) is 11.2 Å². The van der Waals surface area contributed by atoms with Gasteiger partial charge < -0.3 is 4.42 Å². The Morgan fingerprint density at radius 1 is 0.388 bits per heavy atom. The number of hydrogen-bond acceptors (Lipinski definition) is 5. The Kier molecular flexibility index (Phi) is 6.11. The molecule has 0 saturated heterocycles. The Balaban J connectivity index is 1.17. The van der Waals surface area contributed by atoms with E-state index in [1.165, 1.54) is 26.9 Å². The molecule has 0 atom stereocenters. The molecule has 3 aromatic heterocycles. The van der Waals surface area contributed by atoms with Crippen molar-refractivity contribution in [1.29, 1.82) is 0 Å². The molecule has 0 bridgehead atoms. The van der Waals surface area contributed by atoms with Gasteiger partial charge in [-0.15, -0.1) is 0 Å². The van der Waals surface area contributed by atoms with E-state index in [0.29, 0.717) is 17.5 Å². The fourth-order valence-corrected chi connectivity index (χ4v) is 6.98. The third-order valence-electron chi connectivity index (χ3n) is 9.38. The van der Waals surface area contributed by atoms with Gasteiger partial charge in [0.05, 0.1) is 0 Å². The van der Waals surface area contributed by atoms with Crippen LogP contribution in [0.5, 0.6) is 0 Å². The van der Waals surface area contributed by atoms with Gasteiger partial charge >= 0.3 is 0 Å². The summed E-state index contributed by atoms with van der Waals surface area (Å²) in [5, 5.41) is 9.00. The van der Waals surface area contributed by atoms with Crippen LogP contribution in [-0.4, -0.2) is 19.9 Å². The van der Waals surface area contributed by atoms with Crippen LogP contribution in [0.3, 0.4) is 0 Å². The molecule has 5 nitrogen and oxygen atoms in total. The summed E-state index contributed by atoms with van der Waals surface area (Å²) in [6.07, 6.45) is 3.77. The summed E-state index contributed by atoms with van der Waals surface area (Å²) in [6, 6.07) is 50.2. The van der Waals surface area contributed by atoms with E-state index in [1.54, 1.807) is 0 Å². The summed E-state index contributed by atoms with van der Waals surface area (Å²) in [6.45, 7) is 0. The first kappa shape index (κ1) is 27.4. The smallest absolute Gasteiger partial charge is 0.164 e. The lowest BCUT2D eigenvalue weighted by Gasteiger charge is -2.10. The van der Waals surface area contributed by atoms with E-state index in [0.717, 1.165) is 55.1 Å². The summed E-state index contributed by atoms with van der Waals surface area (Å²) < 4.78 is 6.65. The summed E-state index contributed by atoms with van der Waals surface area (Å²) in [5.74, 6) is 1.80. The number of fused-ring (bicyclic) bond motifs is 7. The zero-order valence-electron chi connectivity index (χ0n) is 26.2. The molecular formula is C44H26N4O. The molecule has 10 aromatic rings. The van der Waals surface area contributed by atoms with Crippen LogP contribution in [0.1, 0.15) is 0 Å². The Hall–Kier alpha value is -6.72. The first-order valence-corrected chi connectivity index (χ1v) is 16.3. The van der Waals surface area contributed by atoms with E-state index in [-0.39, 0.29) is 0 Å². The van der Waals surface area contributed by atoms with Crippen LogP contribution in [0.25, 0.3) is 99.5 Å². The van der Waals surface area contributed by atoms with E-state index >= 15 is 0 Å². The Bertz CT molecular complexity index is 2890. The van der Waals surface area contributed by atoms with Crippen molar-refractivity contribution in [3.8, 4) is 45.3 Å². The first-order valence-electron chi connectivity index (χ1n) is 16.3. The lowest BCUT2D eigenvalue weighted by molar-refractivity contribution is 0.669. The quantitative estimate of drug-likeness (QED) is 0.182. The lowest BCUT2D eigenvalue weighted by Crippen LogP contribution is -2.00. The van der Waals surface area contributed by atoms with Gasteiger partial charge in [0, 0.05) is 45.4 Å². The molecule has 0 aliphatic heterocycles. The van der Waals surface area contributed by atoms with Gasteiger partial charge in [-0.2, -0.15) is 0 Å². The molecular weight excluding hydrogens is 601 g/mol. The molecule has 0 radical (unpaired) electrons. The average Bonchev–Trinajstić information content (AvgIpc) is 3.57. The number of pyridine rings is 1. The highest BCUT2D eigenvalue weighted by Gasteiger charge is 2.20. The largest absolute Gasteiger partial charge is 0.455 e. The van der Waals surface area contributed by atoms with E-state index in [1.807, 2.05) is 60.9 Å². The Morgan fingerprint density at radius 2 is 1.06 bits per heavy atom. The zero-order valence-corrected chi connectivity index (χ0v) is 26.2. The Morgan fingerprint density at radius 3 is 1.96 bits per heavy atom. The molecule has 3 heterocycles. The van der Waals surface area contributed by atoms with Crippen LogP contribution in [0.4, 0.5) is 0 Å². The first-order chi connectivity index (χ1) is 24.3. The molecule has 7 aromatic carbocycles. The van der Waals surface area contributed by atoms with Crippen molar-refractivity contribution in [1.82, 2.24) is 19.9 Å². The van der Waals surface area contributed by atoms with E-state index in [9.17, 15) is 0 Å².